The molecular formula is C56H62Si. The molecule has 0 nitrogen and oxygen atoms in total. The minimum atomic E-state index is -3.15. The molecule has 0 saturated carbocycles. The average molecular weight is 763 g/mol. The van der Waals surface area contributed by atoms with Crippen LogP contribution < -0.4 is 10.4 Å². The number of hydrogen-bond donors (Lipinski definition) is 0. The molecular weight excluding hydrogens is 701 g/mol. The SMILES string of the molecule is CC(C)(C)c1cccc(C2=C(c3cccc(C(C)(C)C)c3)[Si](c3ccccc3)(c3ccccc3)C(c3cccc(C(C)(C)C)c3)=C2c2cccc(C(C)(C)C)c2)c1. The molecule has 7 rings (SSSR count). The van der Waals surface area contributed by atoms with Crippen LogP contribution in [0.4, 0.5) is 0 Å². The van der Waals surface area contributed by atoms with Gasteiger partial charge in [-0.2, -0.15) is 0 Å². The zero-order chi connectivity index (χ0) is 41.0. The molecule has 57 heavy (non-hydrogen) atoms. The monoisotopic (exact) mass is 762 g/mol. The van der Waals surface area contributed by atoms with Gasteiger partial charge in [0.05, 0.1) is 0 Å². The van der Waals surface area contributed by atoms with Gasteiger partial charge in [-0.05, 0) is 98.1 Å². The van der Waals surface area contributed by atoms with E-state index in [-0.39, 0.29) is 21.7 Å². The summed E-state index contributed by atoms with van der Waals surface area (Å²) < 4.78 is 0. The lowest BCUT2D eigenvalue weighted by Crippen LogP contribution is -2.59. The maximum atomic E-state index is 2.52. The topological polar surface area (TPSA) is 0 Å². The molecule has 0 N–H and O–H groups in total. The van der Waals surface area contributed by atoms with Crippen molar-refractivity contribution in [3.63, 3.8) is 0 Å². The van der Waals surface area contributed by atoms with Gasteiger partial charge < -0.3 is 0 Å². The van der Waals surface area contributed by atoms with Crippen molar-refractivity contribution in [1.29, 1.82) is 0 Å². The van der Waals surface area contributed by atoms with E-state index in [4.69, 9.17) is 0 Å². The van der Waals surface area contributed by atoms with Crippen molar-refractivity contribution in [2.45, 2.75) is 105 Å². The summed E-state index contributed by atoms with van der Waals surface area (Å²) in [7, 11) is -3.15. The van der Waals surface area contributed by atoms with E-state index in [1.165, 1.54) is 76.4 Å². The highest BCUT2D eigenvalue weighted by Gasteiger charge is 2.53. The molecule has 0 bridgehead atoms. The summed E-state index contributed by atoms with van der Waals surface area (Å²) in [5.41, 5.74) is 13.2. The minimum Gasteiger partial charge on any atom is -0.0623 e. The van der Waals surface area contributed by atoms with E-state index < -0.39 is 8.07 Å². The first-order valence-electron chi connectivity index (χ1n) is 20.9. The molecule has 0 fully saturated rings. The number of rotatable bonds is 6. The molecule has 1 heterocycles. The maximum absolute atomic E-state index is 3.15. The Morgan fingerprint density at radius 1 is 0.281 bits per heavy atom. The van der Waals surface area contributed by atoms with Gasteiger partial charge >= 0.3 is 0 Å². The second kappa shape index (κ2) is 14.8. The van der Waals surface area contributed by atoms with Crippen molar-refractivity contribution in [3.05, 3.63) is 202 Å². The van der Waals surface area contributed by atoms with E-state index in [2.05, 4.69) is 241 Å². The fraction of sp³-hybridized carbons (Fsp3) is 0.286. The Hall–Kier alpha value is -4.98. The second-order valence-electron chi connectivity index (χ2n) is 20.3. The molecule has 1 heteroatoms. The molecule has 6 aromatic rings. The van der Waals surface area contributed by atoms with E-state index in [1.807, 2.05) is 0 Å². The van der Waals surface area contributed by atoms with E-state index in [0.29, 0.717) is 0 Å². The van der Waals surface area contributed by atoms with Gasteiger partial charge in [0.15, 0.2) is 8.07 Å². The minimum absolute atomic E-state index is 0.0191. The smallest absolute Gasteiger partial charge is 0.0623 e. The molecule has 1 aliphatic heterocycles. The third-order valence-corrected chi connectivity index (χ3v) is 17.0. The van der Waals surface area contributed by atoms with Crippen LogP contribution in [0, 0.1) is 0 Å². The first-order chi connectivity index (χ1) is 26.8. The molecule has 0 radical (unpaired) electrons. The molecule has 0 unspecified atom stereocenters. The molecule has 0 aromatic heterocycles. The van der Waals surface area contributed by atoms with Crippen LogP contribution in [0.1, 0.15) is 128 Å². The van der Waals surface area contributed by atoms with Crippen LogP contribution in [-0.4, -0.2) is 8.07 Å². The van der Waals surface area contributed by atoms with Crippen LogP contribution in [0.15, 0.2) is 158 Å². The van der Waals surface area contributed by atoms with Crippen LogP contribution in [-0.2, 0) is 21.7 Å². The lowest BCUT2D eigenvalue weighted by molar-refractivity contribution is 0.589. The molecule has 6 aromatic carbocycles. The number of benzene rings is 6. The van der Waals surface area contributed by atoms with Gasteiger partial charge in [-0.15, -0.1) is 0 Å². The van der Waals surface area contributed by atoms with Gasteiger partial charge in [0.25, 0.3) is 0 Å². The van der Waals surface area contributed by atoms with Gasteiger partial charge in [-0.1, -0.05) is 241 Å². The summed E-state index contributed by atoms with van der Waals surface area (Å²) in [6, 6.07) is 61.2. The summed E-state index contributed by atoms with van der Waals surface area (Å²) in [6.07, 6.45) is 0. The van der Waals surface area contributed by atoms with Gasteiger partial charge in [0, 0.05) is 0 Å². The van der Waals surface area contributed by atoms with E-state index >= 15 is 0 Å². The highest BCUT2D eigenvalue weighted by atomic mass is 28.3. The van der Waals surface area contributed by atoms with Gasteiger partial charge in [-0.3, -0.25) is 0 Å². The van der Waals surface area contributed by atoms with Crippen LogP contribution >= 0.6 is 0 Å². The summed E-state index contributed by atoms with van der Waals surface area (Å²) in [5, 5.41) is 5.72. The normalized spacial score (nSPS) is 15.0. The van der Waals surface area contributed by atoms with Crippen molar-refractivity contribution in [2.24, 2.45) is 0 Å². The van der Waals surface area contributed by atoms with Crippen molar-refractivity contribution in [3.8, 4) is 0 Å². The van der Waals surface area contributed by atoms with Crippen LogP contribution in [0.25, 0.3) is 21.5 Å². The number of allylic oxidation sites excluding steroid dienone is 2. The van der Waals surface area contributed by atoms with E-state index in [0.717, 1.165) is 0 Å². The van der Waals surface area contributed by atoms with Gasteiger partial charge in [-0.25, -0.2) is 0 Å². The lowest BCUT2D eigenvalue weighted by Gasteiger charge is -2.37. The first-order valence-corrected chi connectivity index (χ1v) is 22.9. The third kappa shape index (κ3) is 7.60. The number of hydrogen-bond acceptors (Lipinski definition) is 0. The van der Waals surface area contributed by atoms with Crippen molar-refractivity contribution in [1.82, 2.24) is 0 Å². The predicted octanol–water partition coefficient (Wildman–Crippen LogP) is 13.8. The Balaban J connectivity index is 1.82. The van der Waals surface area contributed by atoms with Crippen molar-refractivity contribution < 1.29 is 0 Å². The Morgan fingerprint density at radius 2 is 0.544 bits per heavy atom. The van der Waals surface area contributed by atoms with E-state index in [1.54, 1.807) is 0 Å². The van der Waals surface area contributed by atoms with Crippen LogP contribution in [0.5, 0.6) is 0 Å². The summed E-state index contributed by atoms with van der Waals surface area (Å²) in [6.45, 7) is 28.1. The highest BCUT2D eigenvalue weighted by molar-refractivity contribution is 7.29. The predicted molar refractivity (Wildman–Crippen MR) is 252 cm³/mol. The van der Waals surface area contributed by atoms with Gasteiger partial charge in [0.2, 0.25) is 0 Å². The van der Waals surface area contributed by atoms with Crippen LogP contribution in [0.2, 0.25) is 0 Å². The molecule has 0 atom stereocenters. The fourth-order valence-corrected chi connectivity index (χ4v) is 14.3. The Bertz CT molecular complexity index is 2290. The van der Waals surface area contributed by atoms with Crippen molar-refractivity contribution in [2.75, 3.05) is 0 Å². The summed E-state index contributed by atoms with van der Waals surface area (Å²) in [5.74, 6) is 0. The van der Waals surface area contributed by atoms with Crippen molar-refractivity contribution >= 4 is 40.0 Å². The Kier molecular flexibility index (Phi) is 10.4. The largest absolute Gasteiger partial charge is 0.182 e. The Labute approximate surface area is 345 Å². The van der Waals surface area contributed by atoms with Gasteiger partial charge in [0.1, 0.15) is 0 Å². The van der Waals surface area contributed by atoms with E-state index in [9.17, 15) is 0 Å². The zero-order valence-corrected chi connectivity index (χ0v) is 37.5. The standard InChI is InChI=1S/C56H62Si/c1-53(2,3)43-27-19-23-39(35-43)49-50(40-24-20-28-44(36-40)54(4,5)6)52(42-26-22-30-46(38-42)56(10,11)12)57(47-31-15-13-16-32-47,48-33-17-14-18-34-48)51(49)41-25-21-29-45(37-41)55(7,8)9/h13-38H,1-12H3. The molecule has 0 saturated heterocycles. The molecule has 1 aliphatic rings. The summed E-state index contributed by atoms with van der Waals surface area (Å²) >= 11 is 0. The molecule has 0 aliphatic carbocycles. The third-order valence-electron chi connectivity index (χ3n) is 12.0. The lowest BCUT2D eigenvalue weighted by atomic mass is 9.81. The van der Waals surface area contributed by atoms with Crippen LogP contribution in [0.3, 0.4) is 0 Å². The molecule has 290 valence electrons. The molecule has 0 amide bonds. The highest BCUT2D eigenvalue weighted by Crippen LogP contribution is 2.56. The first kappa shape index (κ1) is 40.2. The average Bonchev–Trinajstić information content (AvgIpc) is 3.50. The quantitative estimate of drug-likeness (QED) is 0.148. The second-order valence-corrected chi connectivity index (χ2v) is 24.0. The zero-order valence-electron chi connectivity index (χ0n) is 36.5. The fourth-order valence-electron chi connectivity index (χ4n) is 8.73. The maximum Gasteiger partial charge on any atom is 0.182 e. The summed E-state index contributed by atoms with van der Waals surface area (Å²) in [4.78, 5) is 0. The molecule has 0 spiro atoms. The Morgan fingerprint density at radius 3 is 0.825 bits per heavy atom.